The third-order valence-corrected chi connectivity index (χ3v) is 5.65. The molecule has 0 radical (unpaired) electrons. The quantitative estimate of drug-likeness (QED) is 0.897. The summed E-state index contributed by atoms with van der Waals surface area (Å²) in [5.74, 6) is 0. The van der Waals surface area contributed by atoms with Gasteiger partial charge in [-0.05, 0) is 45.6 Å². The predicted octanol–water partition coefficient (Wildman–Crippen LogP) is 3.20. The fourth-order valence-corrected chi connectivity index (χ4v) is 4.55. The summed E-state index contributed by atoms with van der Waals surface area (Å²) >= 11 is 1.80. The molecule has 3 heterocycles. The maximum absolute atomic E-state index is 4.53. The fraction of sp³-hybridized carbons (Fsp3) is 0.800. The molecular weight excluding hydrogens is 254 g/mol. The molecule has 0 spiro atoms. The van der Waals surface area contributed by atoms with E-state index < -0.39 is 0 Å². The Bertz CT molecular complexity index is 380. The van der Waals surface area contributed by atoms with Gasteiger partial charge in [-0.3, -0.25) is 4.90 Å². The molecule has 2 aliphatic rings. The van der Waals surface area contributed by atoms with Crippen LogP contribution in [-0.2, 0) is 0 Å². The van der Waals surface area contributed by atoms with Crippen molar-refractivity contribution in [1.29, 1.82) is 0 Å². The van der Waals surface area contributed by atoms with Crippen LogP contribution in [-0.4, -0.2) is 34.6 Å². The number of nitrogens with zero attached hydrogens (tertiary/aromatic N) is 2. The molecule has 0 aromatic carbocycles. The first kappa shape index (κ1) is 13.5. The van der Waals surface area contributed by atoms with Gasteiger partial charge in [-0.2, -0.15) is 0 Å². The normalized spacial score (nSPS) is 31.8. The van der Waals surface area contributed by atoms with Crippen molar-refractivity contribution in [1.82, 2.24) is 15.2 Å². The van der Waals surface area contributed by atoms with Crippen molar-refractivity contribution in [3.8, 4) is 0 Å². The lowest BCUT2D eigenvalue weighted by Crippen LogP contribution is -2.49. The van der Waals surface area contributed by atoms with Gasteiger partial charge in [0.2, 0.25) is 0 Å². The van der Waals surface area contributed by atoms with Crippen LogP contribution in [0.5, 0.6) is 0 Å². The van der Waals surface area contributed by atoms with E-state index in [4.69, 9.17) is 0 Å². The van der Waals surface area contributed by atoms with Crippen LogP contribution < -0.4 is 5.32 Å². The van der Waals surface area contributed by atoms with Crippen LogP contribution in [0.2, 0.25) is 0 Å². The van der Waals surface area contributed by atoms with E-state index in [1.54, 1.807) is 11.3 Å². The first-order valence-corrected chi connectivity index (χ1v) is 8.57. The molecule has 2 bridgehead atoms. The number of hydrogen-bond acceptors (Lipinski definition) is 4. The molecule has 3 rings (SSSR count). The first-order chi connectivity index (χ1) is 9.28. The van der Waals surface area contributed by atoms with Crippen molar-refractivity contribution in [2.24, 2.45) is 0 Å². The van der Waals surface area contributed by atoms with Gasteiger partial charge in [0.15, 0.2) is 0 Å². The van der Waals surface area contributed by atoms with Crippen LogP contribution in [0.3, 0.4) is 0 Å². The molecule has 2 aliphatic heterocycles. The van der Waals surface area contributed by atoms with Gasteiger partial charge in [0, 0.05) is 29.7 Å². The number of rotatable bonds is 5. The molecule has 2 saturated heterocycles. The summed E-state index contributed by atoms with van der Waals surface area (Å²) in [5.41, 5.74) is 0. The number of thiazole rings is 1. The smallest absolute Gasteiger partial charge is 0.109 e. The van der Waals surface area contributed by atoms with Gasteiger partial charge in [0.25, 0.3) is 0 Å². The highest BCUT2D eigenvalue weighted by atomic mass is 32.1. The maximum atomic E-state index is 4.53. The highest BCUT2D eigenvalue weighted by Gasteiger charge is 2.37. The summed E-state index contributed by atoms with van der Waals surface area (Å²) in [6.07, 6.45) is 8.58. The van der Waals surface area contributed by atoms with E-state index in [1.807, 2.05) is 6.20 Å². The molecule has 0 saturated carbocycles. The third-order valence-electron chi connectivity index (χ3n) is 4.71. The first-order valence-electron chi connectivity index (χ1n) is 7.69. The fourth-order valence-electron chi connectivity index (χ4n) is 3.83. The predicted molar refractivity (Wildman–Crippen MR) is 80.5 cm³/mol. The summed E-state index contributed by atoms with van der Waals surface area (Å²) in [7, 11) is 0. The van der Waals surface area contributed by atoms with Crippen LogP contribution in [0.4, 0.5) is 0 Å². The molecule has 106 valence electrons. The topological polar surface area (TPSA) is 28.2 Å². The molecule has 1 aromatic heterocycles. The minimum atomic E-state index is 0.474. The Labute approximate surface area is 120 Å². The lowest BCUT2D eigenvalue weighted by atomic mass is 9.96. The number of piperidine rings is 1. The van der Waals surface area contributed by atoms with E-state index in [0.29, 0.717) is 6.04 Å². The van der Waals surface area contributed by atoms with E-state index in [-0.39, 0.29) is 0 Å². The molecule has 3 nitrogen and oxygen atoms in total. The van der Waals surface area contributed by atoms with Crippen LogP contribution >= 0.6 is 11.3 Å². The summed E-state index contributed by atoms with van der Waals surface area (Å²) < 4.78 is 0. The Morgan fingerprint density at radius 2 is 2.16 bits per heavy atom. The van der Waals surface area contributed by atoms with E-state index in [2.05, 4.69) is 34.4 Å². The van der Waals surface area contributed by atoms with Crippen molar-refractivity contribution in [2.75, 3.05) is 6.54 Å². The van der Waals surface area contributed by atoms with Gasteiger partial charge in [-0.1, -0.05) is 6.92 Å². The van der Waals surface area contributed by atoms with E-state index in [0.717, 1.165) is 18.1 Å². The lowest BCUT2D eigenvalue weighted by molar-refractivity contribution is 0.101. The van der Waals surface area contributed by atoms with Gasteiger partial charge < -0.3 is 5.32 Å². The zero-order valence-electron chi connectivity index (χ0n) is 12.0. The summed E-state index contributed by atoms with van der Waals surface area (Å²) in [4.78, 5) is 7.24. The van der Waals surface area contributed by atoms with Crippen molar-refractivity contribution in [2.45, 2.75) is 70.1 Å². The van der Waals surface area contributed by atoms with Gasteiger partial charge in [0.05, 0.1) is 6.04 Å². The Morgan fingerprint density at radius 1 is 1.42 bits per heavy atom. The SMILES string of the molecule is CCCN(C1CC2CCC(C1)N2)C(C)c1nccs1. The summed E-state index contributed by atoms with van der Waals surface area (Å²) in [6, 6.07) is 2.76. The Morgan fingerprint density at radius 3 is 2.74 bits per heavy atom. The van der Waals surface area contributed by atoms with Crippen LogP contribution in [0.1, 0.15) is 57.0 Å². The highest BCUT2D eigenvalue weighted by molar-refractivity contribution is 7.09. The second-order valence-corrected chi connectivity index (χ2v) is 6.97. The summed E-state index contributed by atoms with van der Waals surface area (Å²) in [5, 5.41) is 7.13. The van der Waals surface area contributed by atoms with E-state index in [9.17, 15) is 0 Å². The van der Waals surface area contributed by atoms with Crippen molar-refractivity contribution >= 4 is 11.3 Å². The molecule has 1 aromatic rings. The molecule has 0 aliphatic carbocycles. The van der Waals surface area contributed by atoms with Gasteiger partial charge >= 0.3 is 0 Å². The Hall–Kier alpha value is -0.450. The second-order valence-electron chi connectivity index (χ2n) is 6.05. The standard InChI is InChI=1S/C15H25N3S/c1-3-7-18(11(2)15-16-6-8-19-15)14-9-12-4-5-13(10-14)17-12/h6,8,11-14,17H,3-5,7,9-10H2,1-2H3. The second kappa shape index (κ2) is 5.90. The molecule has 1 N–H and O–H groups in total. The number of hydrogen-bond donors (Lipinski definition) is 1. The average Bonchev–Trinajstić information content (AvgIpc) is 3.05. The zero-order chi connectivity index (χ0) is 13.2. The van der Waals surface area contributed by atoms with Crippen LogP contribution in [0, 0.1) is 0 Å². The highest BCUT2D eigenvalue weighted by Crippen LogP contribution is 2.34. The molecule has 0 amide bonds. The van der Waals surface area contributed by atoms with Gasteiger partial charge in [-0.15, -0.1) is 11.3 Å². The minimum absolute atomic E-state index is 0.474. The third kappa shape index (κ3) is 2.86. The maximum Gasteiger partial charge on any atom is 0.109 e. The van der Waals surface area contributed by atoms with E-state index >= 15 is 0 Å². The number of aromatic nitrogens is 1. The number of nitrogens with one attached hydrogen (secondary N) is 1. The summed E-state index contributed by atoms with van der Waals surface area (Å²) in [6.45, 7) is 5.82. The Kier molecular flexibility index (Phi) is 4.20. The van der Waals surface area contributed by atoms with Crippen LogP contribution in [0.25, 0.3) is 0 Å². The van der Waals surface area contributed by atoms with Gasteiger partial charge in [-0.25, -0.2) is 4.98 Å². The molecule has 3 unspecified atom stereocenters. The average molecular weight is 279 g/mol. The zero-order valence-corrected chi connectivity index (χ0v) is 12.8. The molecule has 4 heteroatoms. The monoisotopic (exact) mass is 279 g/mol. The minimum Gasteiger partial charge on any atom is -0.311 e. The van der Waals surface area contributed by atoms with Crippen molar-refractivity contribution in [3.63, 3.8) is 0 Å². The molecule has 19 heavy (non-hydrogen) atoms. The number of fused-ring (bicyclic) bond motifs is 2. The molecule has 3 atom stereocenters. The van der Waals surface area contributed by atoms with Gasteiger partial charge in [0.1, 0.15) is 5.01 Å². The van der Waals surface area contributed by atoms with Crippen molar-refractivity contribution in [3.05, 3.63) is 16.6 Å². The van der Waals surface area contributed by atoms with Crippen LogP contribution in [0.15, 0.2) is 11.6 Å². The largest absolute Gasteiger partial charge is 0.311 e. The lowest BCUT2D eigenvalue weighted by Gasteiger charge is -2.40. The Balaban J connectivity index is 1.73. The van der Waals surface area contributed by atoms with Crippen molar-refractivity contribution < 1.29 is 0 Å². The molecular formula is C15H25N3S. The molecule has 2 fully saturated rings. The van der Waals surface area contributed by atoms with E-state index in [1.165, 1.54) is 43.7 Å².